The Bertz CT molecular complexity index is 1170. The van der Waals surface area contributed by atoms with E-state index in [1.54, 1.807) is 13.8 Å². The number of carbonyl (C=O) groups is 6. The molecule has 5 amide bonds. The molecule has 1 aromatic heterocycles. The van der Waals surface area contributed by atoms with E-state index in [1.807, 2.05) is 30.3 Å². The molecule has 0 saturated carbocycles. The van der Waals surface area contributed by atoms with Crippen LogP contribution in [0, 0.1) is 5.92 Å². The third-order valence-electron chi connectivity index (χ3n) is 4.92. The number of benzene rings is 1. The molecule has 0 radical (unpaired) electrons. The van der Waals surface area contributed by atoms with Crippen molar-refractivity contribution in [2.45, 2.75) is 38.9 Å². The number of amides is 5. The number of carbonyl (C=O) groups excluding carboxylic acids is 4. The minimum atomic E-state index is -1.57. The Hall–Kier alpha value is -4.53. The van der Waals surface area contributed by atoms with Crippen LogP contribution >= 0.6 is 11.3 Å². The second-order valence-corrected chi connectivity index (χ2v) is 9.16. The number of aliphatic carboxylic acids is 2. The molecule has 0 bridgehead atoms. The van der Waals surface area contributed by atoms with Crippen LogP contribution in [0.1, 0.15) is 36.3 Å². The van der Waals surface area contributed by atoms with Crippen molar-refractivity contribution < 1.29 is 39.0 Å². The van der Waals surface area contributed by atoms with Gasteiger partial charge in [0.1, 0.15) is 17.8 Å². The number of hydrogen-bond acceptors (Lipinski definition) is 8. The van der Waals surface area contributed by atoms with Gasteiger partial charge in [0.15, 0.2) is 5.13 Å². The zero-order valence-corrected chi connectivity index (χ0v) is 21.3. The lowest BCUT2D eigenvalue weighted by atomic mass is 10.0. The first kappa shape index (κ1) is 29.7. The van der Waals surface area contributed by atoms with E-state index >= 15 is 0 Å². The summed E-state index contributed by atoms with van der Waals surface area (Å²) in [7, 11) is 0. The van der Waals surface area contributed by atoms with Gasteiger partial charge >= 0.3 is 18.0 Å². The van der Waals surface area contributed by atoms with Gasteiger partial charge in [-0.25, -0.2) is 14.6 Å². The Morgan fingerprint density at radius 2 is 1.66 bits per heavy atom. The standard InChI is InChI=1S/C23H28N6O8S/c1-12(2)18(21(35)36)28-20(34)14(8-17(31)32)26-16(30)10-24-19(33)15-11-38-23(27-15)29-22(37)25-9-13-6-4-3-5-7-13/h3-7,11-12,14,18H,8-10H2,1-2H3,(H,24,33)(H,26,30)(H,28,34)(H,31,32)(H,35,36)(H2,25,27,29,37). The zero-order chi connectivity index (χ0) is 28.2. The summed E-state index contributed by atoms with van der Waals surface area (Å²) >= 11 is 0.983. The number of urea groups is 1. The first-order valence-corrected chi connectivity index (χ1v) is 12.2. The third-order valence-corrected chi connectivity index (χ3v) is 5.68. The molecular weight excluding hydrogens is 520 g/mol. The molecular formula is C23H28N6O8S. The summed E-state index contributed by atoms with van der Waals surface area (Å²) in [6.07, 6.45) is -0.802. The molecule has 0 fully saturated rings. The van der Waals surface area contributed by atoms with Gasteiger partial charge in [0.2, 0.25) is 11.8 Å². The summed E-state index contributed by atoms with van der Waals surface area (Å²) in [6.45, 7) is 2.77. The normalized spacial score (nSPS) is 12.1. The van der Waals surface area contributed by atoms with Gasteiger partial charge in [-0.2, -0.15) is 0 Å². The number of hydrogen-bond donors (Lipinski definition) is 7. The predicted octanol–water partition coefficient (Wildman–Crippen LogP) is 0.380. The quantitative estimate of drug-likeness (QED) is 0.184. The number of aromatic nitrogens is 1. The highest BCUT2D eigenvalue weighted by Crippen LogP contribution is 2.15. The van der Waals surface area contributed by atoms with E-state index in [4.69, 9.17) is 5.11 Å². The van der Waals surface area contributed by atoms with Gasteiger partial charge in [-0.1, -0.05) is 44.2 Å². The molecule has 15 heteroatoms. The summed E-state index contributed by atoms with van der Waals surface area (Å²) in [6, 6.07) is 5.83. The van der Waals surface area contributed by atoms with Crippen LogP contribution in [0.5, 0.6) is 0 Å². The van der Waals surface area contributed by atoms with Gasteiger partial charge in [-0.05, 0) is 11.5 Å². The number of carboxylic acid groups (broad SMARTS) is 2. The molecule has 2 unspecified atom stereocenters. The van der Waals surface area contributed by atoms with E-state index in [0.29, 0.717) is 0 Å². The monoisotopic (exact) mass is 548 g/mol. The van der Waals surface area contributed by atoms with Crippen molar-refractivity contribution in [2.24, 2.45) is 5.92 Å². The van der Waals surface area contributed by atoms with Crippen molar-refractivity contribution in [2.75, 3.05) is 11.9 Å². The second-order valence-electron chi connectivity index (χ2n) is 8.30. The fourth-order valence-electron chi connectivity index (χ4n) is 3.00. The second kappa shape index (κ2) is 14.3. The smallest absolute Gasteiger partial charge is 0.326 e. The fourth-order valence-corrected chi connectivity index (χ4v) is 3.69. The Balaban J connectivity index is 1.86. The Labute approximate surface area is 221 Å². The van der Waals surface area contributed by atoms with Crippen LogP contribution in [-0.2, 0) is 25.7 Å². The molecule has 14 nitrogen and oxygen atoms in total. The number of anilines is 1. The van der Waals surface area contributed by atoms with Crippen molar-refractivity contribution in [3.8, 4) is 0 Å². The van der Waals surface area contributed by atoms with Crippen LogP contribution in [0.3, 0.4) is 0 Å². The first-order chi connectivity index (χ1) is 18.0. The largest absolute Gasteiger partial charge is 0.481 e. The fraction of sp³-hybridized carbons (Fsp3) is 0.348. The van der Waals surface area contributed by atoms with Crippen LogP contribution in [0.2, 0.25) is 0 Å². The Morgan fingerprint density at radius 3 is 2.26 bits per heavy atom. The number of carboxylic acids is 2. The maximum atomic E-state index is 12.4. The molecule has 1 aromatic carbocycles. The molecule has 0 aliphatic carbocycles. The molecule has 2 atom stereocenters. The molecule has 2 aromatic rings. The summed E-state index contributed by atoms with van der Waals surface area (Å²) in [4.78, 5) is 75.5. The van der Waals surface area contributed by atoms with E-state index in [-0.39, 0.29) is 17.4 Å². The van der Waals surface area contributed by atoms with E-state index in [9.17, 15) is 33.9 Å². The molecule has 204 valence electrons. The highest BCUT2D eigenvalue weighted by molar-refractivity contribution is 7.14. The summed E-state index contributed by atoms with van der Waals surface area (Å²) in [5.41, 5.74) is 0.812. The molecule has 2 rings (SSSR count). The van der Waals surface area contributed by atoms with Gasteiger partial charge in [0.25, 0.3) is 5.91 Å². The SMILES string of the molecule is CC(C)C(NC(=O)C(CC(=O)O)NC(=O)CNC(=O)c1csc(NC(=O)NCc2ccccc2)n1)C(=O)O. The minimum Gasteiger partial charge on any atom is -0.481 e. The molecule has 0 spiro atoms. The zero-order valence-electron chi connectivity index (χ0n) is 20.5. The first-order valence-electron chi connectivity index (χ1n) is 11.3. The van der Waals surface area contributed by atoms with Crippen molar-refractivity contribution in [1.82, 2.24) is 26.3 Å². The highest BCUT2D eigenvalue weighted by atomic mass is 32.1. The number of nitrogens with one attached hydrogen (secondary N) is 5. The van der Waals surface area contributed by atoms with Gasteiger partial charge in [-0.3, -0.25) is 24.5 Å². The van der Waals surface area contributed by atoms with Crippen molar-refractivity contribution >= 4 is 52.2 Å². The van der Waals surface area contributed by atoms with Gasteiger partial charge in [-0.15, -0.1) is 11.3 Å². The van der Waals surface area contributed by atoms with Crippen LogP contribution in [0.25, 0.3) is 0 Å². The van der Waals surface area contributed by atoms with Crippen LogP contribution < -0.4 is 26.6 Å². The molecule has 0 aliphatic rings. The van der Waals surface area contributed by atoms with E-state index < -0.39 is 66.7 Å². The summed E-state index contributed by atoms with van der Waals surface area (Å²) < 4.78 is 0. The van der Waals surface area contributed by atoms with Gasteiger partial charge < -0.3 is 31.5 Å². The van der Waals surface area contributed by atoms with E-state index in [0.717, 1.165) is 16.9 Å². The van der Waals surface area contributed by atoms with Crippen molar-refractivity contribution in [1.29, 1.82) is 0 Å². The summed E-state index contributed by atoms with van der Waals surface area (Å²) in [5, 5.41) is 31.6. The molecule has 0 saturated heterocycles. The topological polar surface area (TPSA) is 216 Å². The molecule has 7 N–H and O–H groups in total. The maximum Gasteiger partial charge on any atom is 0.326 e. The lowest BCUT2D eigenvalue weighted by Gasteiger charge is -2.22. The van der Waals surface area contributed by atoms with Gasteiger partial charge in [0.05, 0.1) is 13.0 Å². The van der Waals surface area contributed by atoms with Crippen LogP contribution in [0.15, 0.2) is 35.7 Å². The van der Waals surface area contributed by atoms with Crippen LogP contribution in [-0.4, -0.2) is 69.5 Å². The number of nitrogens with zero attached hydrogens (tertiary/aromatic N) is 1. The average molecular weight is 549 g/mol. The lowest BCUT2D eigenvalue weighted by Crippen LogP contribution is -2.54. The number of rotatable bonds is 13. The molecule has 38 heavy (non-hydrogen) atoms. The average Bonchev–Trinajstić information content (AvgIpc) is 3.32. The Kier molecular flexibility index (Phi) is 11.2. The predicted molar refractivity (Wildman–Crippen MR) is 135 cm³/mol. The van der Waals surface area contributed by atoms with Crippen LogP contribution in [0.4, 0.5) is 9.93 Å². The van der Waals surface area contributed by atoms with Gasteiger partial charge in [0, 0.05) is 11.9 Å². The highest BCUT2D eigenvalue weighted by Gasteiger charge is 2.30. The van der Waals surface area contributed by atoms with E-state index in [1.165, 1.54) is 5.38 Å². The summed E-state index contributed by atoms with van der Waals surface area (Å²) in [5.74, 6) is -5.84. The lowest BCUT2D eigenvalue weighted by molar-refractivity contribution is -0.144. The third kappa shape index (κ3) is 9.85. The number of thiazole rings is 1. The minimum absolute atomic E-state index is 0.0813. The molecule has 0 aliphatic heterocycles. The Morgan fingerprint density at radius 1 is 0.974 bits per heavy atom. The van der Waals surface area contributed by atoms with Crippen molar-refractivity contribution in [3.05, 3.63) is 47.0 Å². The molecule has 1 heterocycles. The maximum absolute atomic E-state index is 12.4. The van der Waals surface area contributed by atoms with E-state index in [2.05, 4.69) is 31.6 Å². The van der Waals surface area contributed by atoms with Crippen molar-refractivity contribution in [3.63, 3.8) is 0 Å².